The molecule has 0 N–H and O–H groups in total. The van der Waals surface area contributed by atoms with Gasteiger partial charge in [0, 0.05) is 11.9 Å². The van der Waals surface area contributed by atoms with Crippen molar-refractivity contribution >= 4 is 38.3 Å². The minimum Gasteiger partial charge on any atom is -0.495 e. The third-order valence-electron chi connectivity index (χ3n) is 3.76. The molecular weight excluding hydrogens is 324 g/mol. The highest BCUT2D eigenvalue weighted by Crippen LogP contribution is 2.35. The van der Waals surface area contributed by atoms with Gasteiger partial charge in [-0.05, 0) is 36.6 Å². The molecule has 22 heavy (non-hydrogen) atoms. The van der Waals surface area contributed by atoms with Crippen LogP contribution in [0.15, 0.2) is 18.2 Å². The summed E-state index contributed by atoms with van der Waals surface area (Å²) in [5.74, 6) is 1.25. The third kappa shape index (κ3) is 2.50. The summed E-state index contributed by atoms with van der Waals surface area (Å²) in [7, 11) is -1.74. The van der Waals surface area contributed by atoms with E-state index in [9.17, 15) is 8.42 Å². The molecule has 1 aliphatic rings. The summed E-state index contributed by atoms with van der Waals surface area (Å²) < 4.78 is 31.3. The maximum Gasteiger partial charge on any atom is 0.236 e. The molecule has 0 atom stereocenters. The van der Waals surface area contributed by atoms with Crippen molar-refractivity contribution in [2.45, 2.75) is 19.8 Å². The lowest BCUT2D eigenvalue weighted by atomic mass is 10.1. The first kappa shape index (κ1) is 15.4. The lowest BCUT2D eigenvalue weighted by molar-refractivity contribution is 0.415. The van der Waals surface area contributed by atoms with Crippen LogP contribution in [0, 0.1) is 0 Å². The lowest BCUT2D eigenvalue weighted by Crippen LogP contribution is -2.31. The molecule has 1 aromatic heterocycles. The van der Waals surface area contributed by atoms with Crippen molar-refractivity contribution < 1.29 is 13.2 Å². The monoisotopic (exact) mass is 340 g/mol. The Morgan fingerprint density at radius 1 is 1.36 bits per heavy atom. The highest BCUT2D eigenvalue weighted by molar-refractivity contribution is 7.92. The summed E-state index contributed by atoms with van der Waals surface area (Å²) >= 11 is 6.13. The zero-order valence-corrected chi connectivity index (χ0v) is 14.0. The van der Waals surface area contributed by atoms with Gasteiger partial charge in [-0.3, -0.25) is 4.31 Å². The topological polar surface area (TPSA) is 59.5 Å². The van der Waals surface area contributed by atoms with Crippen LogP contribution in [-0.4, -0.2) is 32.8 Å². The van der Waals surface area contributed by atoms with Crippen LogP contribution >= 0.6 is 11.6 Å². The Morgan fingerprint density at radius 3 is 2.82 bits per heavy atom. The number of anilines is 1. The summed E-state index contributed by atoms with van der Waals surface area (Å²) in [5, 5.41) is 1.36. The predicted octanol–water partition coefficient (Wildman–Crippen LogP) is 3.00. The first-order valence-electron chi connectivity index (χ1n) is 7.14. The fourth-order valence-electron chi connectivity index (χ4n) is 2.73. The summed E-state index contributed by atoms with van der Waals surface area (Å²) in [6.07, 6.45) is 1.26. The highest BCUT2D eigenvalue weighted by atomic mass is 35.5. The Morgan fingerprint density at radius 2 is 2.14 bits per heavy atom. The van der Waals surface area contributed by atoms with E-state index in [1.165, 1.54) is 4.31 Å². The maximum absolute atomic E-state index is 12.3. The largest absolute Gasteiger partial charge is 0.495 e. The fraction of sp³-hybridized carbons (Fsp3) is 0.400. The number of benzene rings is 1. The molecule has 0 spiro atoms. The van der Waals surface area contributed by atoms with Gasteiger partial charge in [0.25, 0.3) is 0 Å². The summed E-state index contributed by atoms with van der Waals surface area (Å²) in [6, 6.07) is 5.51. The van der Waals surface area contributed by atoms with Crippen molar-refractivity contribution in [1.29, 1.82) is 0 Å². The van der Waals surface area contributed by atoms with Crippen LogP contribution in [0.1, 0.15) is 18.9 Å². The zero-order chi connectivity index (χ0) is 15.9. The summed E-state index contributed by atoms with van der Waals surface area (Å²) in [5.41, 5.74) is 1.61. The first-order chi connectivity index (χ1) is 10.5. The molecule has 2 heterocycles. The van der Waals surface area contributed by atoms with Gasteiger partial charge in [0.05, 0.1) is 23.4 Å². The number of halogens is 1. The molecule has 0 saturated carbocycles. The molecule has 3 rings (SSSR count). The molecule has 0 fully saturated rings. The van der Waals surface area contributed by atoms with E-state index in [0.29, 0.717) is 41.5 Å². The standard InChI is InChI=1S/C15H17ClN2O3S/c1-3-6-22(19,20)18-5-4-10-7-11-8-14(21-2)12(16)9-13(11)17-15(10)18/h7-9H,3-6H2,1-2H3. The molecule has 2 aromatic rings. The Hall–Kier alpha value is -1.53. The molecule has 1 aromatic carbocycles. The molecule has 0 amide bonds. The first-order valence-corrected chi connectivity index (χ1v) is 9.12. The number of ether oxygens (including phenoxy) is 1. The number of rotatable bonds is 4. The van der Waals surface area contributed by atoms with Crippen LogP contribution in [0.25, 0.3) is 10.9 Å². The normalized spacial score (nSPS) is 14.4. The average molecular weight is 341 g/mol. The van der Waals surface area contributed by atoms with Gasteiger partial charge in [-0.25, -0.2) is 13.4 Å². The quantitative estimate of drug-likeness (QED) is 0.858. The Bertz CT molecular complexity index is 836. The van der Waals surface area contributed by atoms with Gasteiger partial charge in [-0.2, -0.15) is 0 Å². The van der Waals surface area contributed by atoms with Gasteiger partial charge in [-0.15, -0.1) is 0 Å². The molecule has 7 heteroatoms. The van der Waals surface area contributed by atoms with Gasteiger partial charge in [-0.1, -0.05) is 18.5 Å². The predicted molar refractivity (Wildman–Crippen MR) is 88.4 cm³/mol. The van der Waals surface area contributed by atoms with Crippen molar-refractivity contribution in [3.63, 3.8) is 0 Å². The van der Waals surface area contributed by atoms with Crippen molar-refractivity contribution in [1.82, 2.24) is 4.98 Å². The van der Waals surface area contributed by atoms with E-state index < -0.39 is 10.0 Å². The number of pyridine rings is 1. The van der Waals surface area contributed by atoms with Gasteiger partial charge in [0.2, 0.25) is 10.0 Å². The van der Waals surface area contributed by atoms with Crippen LogP contribution in [0.5, 0.6) is 5.75 Å². The molecule has 0 saturated heterocycles. The third-order valence-corrected chi connectivity index (χ3v) is 6.01. The van der Waals surface area contributed by atoms with E-state index in [4.69, 9.17) is 16.3 Å². The average Bonchev–Trinajstić information content (AvgIpc) is 2.87. The van der Waals surface area contributed by atoms with Crippen LogP contribution in [-0.2, 0) is 16.4 Å². The number of methoxy groups -OCH3 is 1. The summed E-state index contributed by atoms with van der Waals surface area (Å²) in [6.45, 7) is 2.31. The van der Waals surface area contributed by atoms with E-state index >= 15 is 0 Å². The number of hydrogen-bond acceptors (Lipinski definition) is 4. The second-order valence-electron chi connectivity index (χ2n) is 5.29. The number of fused-ring (bicyclic) bond motifs is 2. The molecule has 0 unspecified atom stereocenters. The maximum atomic E-state index is 12.3. The van der Waals surface area contributed by atoms with E-state index in [-0.39, 0.29) is 5.75 Å². The van der Waals surface area contributed by atoms with Gasteiger partial charge in [0.1, 0.15) is 11.6 Å². The number of nitrogens with zero attached hydrogens (tertiary/aromatic N) is 2. The number of hydrogen-bond donors (Lipinski definition) is 0. The SMILES string of the molecule is CCCS(=O)(=O)N1CCc2cc3cc(OC)c(Cl)cc3nc21. The molecule has 0 bridgehead atoms. The van der Waals surface area contributed by atoms with Crippen molar-refractivity contribution in [2.24, 2.45) is 0 Å². The molecule has 118 valence electrons. The number of aromatic nitrogens is 1. The molecule has 5 nitrogen and oxygen atoms in total. The second-order valence-corrected chi connectivity index (χ2v) is 7.71. The van der Waals surface area contributed by atoms with Crippen molar-refractivity contribution in [3.8, 4) is 5.75 Å². The number of sulfonamides is 1. The van der Waals surface area contributed by atoms with Crippen LogP contribution in [0.3, 0.4) is 0 Å². The minimum atomic E-state index is -3.30. The van der Waals surface area contributed by atoms with Crippen LogP contribution in [0.4, 0.5) is 5.82 Å². The van der Waals surface area contributed by atoms with Gasteiger partial charge >= 0.3 is 0 Å². The van der Waals surface area contributed by atoms with Gasteiger partial charge in [0.15, 0.2) is 0 Å². The van der Waals surface area contributed by atoms with Crippen molar-refractivity contribution in [3.05, 3.63) is 28.8 Å². The Labute approximate surface area is 134 Å². The van der Waals surface area contributed by atoms with E-state index in [2.05, 4.69) is 4.98 Å². The lowest BCUT2D eigenvalue weighted by Gasteiger charge is -2.18. The van der Waals surface area contributed by atoms with Gasteiger partial charge < -0.3 is 4.74 Å². The van der Waals surface area contributed by atoms with E-state index in [0.717, 1.165) is 10.9 Å². The Kier molecular flexibility index (Phi) is 3.91. The smallest absolute Gasteiger partial charge is 0.236 e. The molecule has 0 radical (unpaired) electrons. The Balaban J connectivity index is 2.13. The molecule has 0 aliphatic carbocycles. The molecule has 1 aliphatic heterocycles. The highest BCUT2D eigenvalue weighted by Gasteiger charge is 2.30. The second kappa shape index (κ2) is 5.59. The van der Waals surface area contributed by atoms with E-state index in [1.807, 2.05) is 19.1 Å². The van der Waals surface area contributed by atoms with Crippen molar-refractivity contribution in [2.75, 3.05) is 23.7 Å². The van der Waals surface area contributed by atoms with Crippen LogP contribution in [0.2, 0.25) is 5.02 Å². The van der Waals surface area contributed by atoms with Crippen LogP contribution < -0.4 is 9.04 Å². The molecular formula is C15H17ClN2O3S. The zero-order valence-electron chi connectivity index (χ0n) is 12.5. The fourth-order valence-corrected chi connectivity index (χ4v) is 4.49. The van der Waals surface area contributed by atoms with E-state index in [1.54, 1.807) is 13.2 Å². The minimum absolute atomic E-state index is 0.134. The summed E-state index contributed by atoms with van der Waals surface area (Å²) in [4.78, 5) is 4.53.